The Labute approximate surface area is 139 Å². The van der Waals surface area contributed by atoms with E-state index in [4.69, 9.17) is 4.74 Å². The van der Waals surface area contributed by atoms with E-state index in [9.17, 15) is 8.42 Å². The molecule has 0 saturated heterocycles. The Bertz CT molecular complexity index is 712. The van der Waals surface area contributed by atoms with Crippen LogP contribution in [0, 0.1) is 0 Å². The standard InChI is InChI=1S/C16H18BrNO3S/c1-3-16(12-4-8-14(21-2)9-5-12)18-22(19,20)15-10-6-13(17)7-11-15/h4-11,16,18H,3H2,1-2H3/t16-/m0/s1. The summed E-state index contributed by atoms with van der Waals surface area (Å²) in [4.78, 5) is 0.252. The maximum atomic E-state index is 12.5. The van der Waals surface area contributed by atoms with Crippen molar-refractivity contribution in [3.63, 3.8) is 0 Å². The van der Waals surface area contributed by atoms with Gasteiger partial charge in [0.2, 0.25) is 10.0 Å². The molecule has 118 valence electrons. The maximum Gasteiger partial charge on any atom is 0.241 e. The molecule has 2 rings (SSSR count). The monoisotopic (exact) mass is 383 g/mol. The van der Waals surface area contributed by atoms with Crippen molar-refractivity contribution in [1.29, 1.82) is 0 Å². The van der Waals surface area contributed by atoms with Gasteiger partial charge in [0, 0.05) is 10.5 Å². The second kappa shape index (κ2) is 7.26. The molecule has 1 atom stereocenters. The minimum atomic E-state index is -3.55. The van der Waals surface area contributed by atoms with Crippen LogP contribution < -0.4 is 9.46 Å². The van der Waals surface area contributed by atoms with E-state index >= 15 is 0 Å². The van der Waals surface area contributed by atoms with Crippen LogP contribution in [0.4, 0.5) is 0 Å². The number of nitrogens with one attached hydrogen (secondary N) is 1. The average Bonchev–Trinajstić information content (AvgIpc) is 2.53. The van der Waals surface area contributed by atoms with Crippen LogP contribution >= 0.6 is 15.9 Å². The second-order valence-corrected chi connectivity index (χ2v) is 7.44. The number of ether oxygens (including phenoxy) is 1. The Morgan fingerprint density at radius 3 is 2.18 bits per heavy atom. The van der Waals surface area contributed by atoms with Crippen molar-refractivity contribution in [2.45, 2.75) is 24.3 Å². The molecular weight excluding hydrogens is 366 g/mol. The normalized spacial score (nSPS) is 12.9. The lowest BCUT2D eigenvalue weighted by Gasteiger charge is -2.18. The quantitative estimate of drug-likeness (QED) is 0.822. The van der Waals surface area contributed by atoms with Gasteiger partial charge in [-0.1, -0.05) is 35.0 Å². The summed E-state index contributed by atoms with van der Waals surface area (Å²) in [6.07, 6.45) is 0.655. The summed E-state index contributed by atoms with van der Waals surface area (Å²) < 4.78 is 33.6. The van der Waals surface area contributed by atoms with Crippen LogP contribution in [0.15, 0.2) is 57.9 Å². The molecule has 0 aliphatic carbocycles. The largest absolute Gasteiger partial charge is 0.497 e. The second-order valence-electron chi connectivity index (χ2n) is 4.81. The molecule has 2 aromatic carbocycles. The van der Waals surface area contributed by atoms with E-state index in [1.165, 1.54) is 0 Å². The molecule has 0 saturated carbocycles. The molecule has 0 spiro atoms. The van der Waals surface area contributed by atoms with E-state index in [1.807, 2.05) is 31.2 Å². The molecule has 0 heterocycles. The first-order valence-corrected chi connectivity index (χ1v) is 9.15. The van der Waals surface area contributed by atoms with Crippen molar-refractivity contribution < 1.29 is 13.2 Å². The van der Waals surface area contributed by atoms with Gasteiger partial charge in [-0.3, -0.25) is 0 Å². The van der Waals surface area contributed by atoms with Crippen LogP contribution in [-0.2, 0) is 10.0 Å². The van der Waals surface area contributed by atoms with E-state index in [-0.39, 0.29) is 10.9 Å². The van der Waals surface area contributed by atoms with Gasteiger partial charge in [0.05, 0.1) is 12.0 Å². The molecule has 4 nitrogen and oxygen atoms in total. The summed E-state index contributed by atoms with van der Waals surface area (Å²) in [5.41, 5.74) is 0.906. The van der Waals surface area contributed by atoms with Crippen molar-refractivity contribution in [2.75, 3.05) is 7.11 Å². The maximum absolute atomic E-state index is 12.5. The Morgan fingerprint density at radius 2 is 1.68 bits per heavy atom. The highest BCUT2D eigenvalue weighted by Gasteiger charge is 2.20. The zero-order valence-corrected chi connectivity index (χ0v) is 14.8. The van der Waals surface area contributed by atoms with Crippen LogP contribution in [0.1, 0.15) is 24.9 Å². The Hall–Kier alpha value is -1.37. The minimum Gasteiger partial charge on any atom is -0.497 e. The van der Waals surface area contributed by atoms with Crippen molar-refractivity contribution >= 4 is 26.0 Å². The fraction of sp³-hybridized carbons (Fsp3) is 0.250. The van der Waals surface area contributed by atoms with Crippen LogP contribution in [0.5, 0.6) is 5.75 Å². The lowest BCUT2D eigenvalue weighted by atomic mass is 10.1. The summed E-state index contributed by atoms with van der Waals surface area (Å²) in [5.74, 6) is 0.745. The highest BCUT2D eigenvalue weighted by atomic mass is 79.9. The third-order valence-electron chi connectivity index (χ3n) is 3.35. The first kappa shape index (κ1) is 17.0. The average molecular weight is 384 g/mol. The molecule has 0 aliphatic heterocycles. The molecule has 0 aliphatic rings. The first-order chi connectivity index (χ1) is 10.5. The number of rotatable bonds is 6. The topological polar surface area (TPSA) is 55.4 Å². The highest BCUT2D eigenvalue weighted by molar-refractivity contribution is 9.10. The number of sulfonamides is 1. The molecule has 0 aromatic heterocycles. The number of hydrogen-bond acceptors (Lipinski definition) is 3. The van der Waals surface area contributed by atoms with Gasteiger partial charge in [0.25, 0.3) is 0 Å². The number of benzene rings is 2. The lowest BCUT2D eigenvalue weighted by Crippen LogP contribution is -2.28. The van der Waals surface area contributed by atoms with Crippen LogP contribution in [0.25, 0.3) is 0 Å². The van der Waals surface area contributed by atoms with Crippen LogP contribution in [0.3, 0.4) is 0 Å². The van der Waals surface area contributed by atoms with E-state index < -0.39 is 10.0 Å². The zero-order chi connectivity index (χ0) is 16.2. The van der Waals surface area contributed by atoms with E-state index in [2.05, 4.69) is 20.7 Å². The number of halogens is 1. The molecule has 0 unspecified atom stereocenters. The predicted molar refractivity (Wildman–Crippen MR) is 90.5 cm³/mol. The van der Waals surface area contributed by atoms with Crippen molar-refractivity contribution in [3.8, 4) is 5.75 Å². The lowest BCUT2D eigenvalue weighted by molar-refractivity contribution is 0.414. The number of methoxy groups -OCH3 is 1. The van der Waals surface area contributed by atoms with Crippen LogP contribution in [0.2, 0.25) is 0 Å². The van der Waals surface area contributed by atoms with Crippen molar-refractivity contribution in [3.05, 3.63) is 58.6 Å². The third-order valence-corrected chi connectivity index (χ3v) is 5.36. The van der Waals surface area contributed by atoms with E-state index in [1.54, 1.807) is 31.4 Å². The van der Waals surface area contributed by atoms with Gasteiger partial charge in [-0.25, -0.2) is 13.1 Å². The first-order valence-electron chi connectivity index (χ1n) is 6.88. The number of hydrogen-bond donors (Lipinski definition) is 1. The molecule has 1 N–H and O–H groups in total. The van der Waals surface area contributed by atoms with Gasteiger partial charge in [-0.15, -0.1) is 0 Å². The van der Waals surface area contributed by atoms with Gasteiger partial charge in [-0.2, -0.15) is 0 Å². The SMILES string of the molecule is CC[C@H](NS(=O)(=O)c1ccc(Br)cc1)c1ccc(OC)cc1. The molecule has 0 radical (unpaired) electrons. The minimum absolute atomic E-state index is 0.252. The van der Waals surface area contributed by atoms with Crippen molar-refractivity contribution in [2.24, 2.45) is 0 Å². The summed E-state index contributed by atoms with van der Waals surface area (Å²) in [7, 11) is -1.95. The van der Waals surface area contributed by atoms with Gasteiger partial charge in [-0.05, 0) is 48.4 Å². The third kappa shape index (κ3) is 4.09. The Kier molecular flexibility index (Phi) is 5.61. The smallest absolute Gasteiger partial charge is 0.241 e. The molecule has 0 bridgehead atoms. The van der Waals surface area contributed by atoms with E-state index in [0.29, 0.717) is 6.42 Å². The summed E-state index contributed by atoms with van der Waals surface area (Å²) >= 11 is 3.30. The zero-order valence-electron chi connectivity index (χ0n) is 12.4. The molecule has 2 aromatic rings. The summed E-state index contributed by atoms with van der Waals surface area (Å²) in [6.45, 7) is 1.94. The van der Waals surface area contributed by atoms with E-state index in [0.717, 1.165) is 15.8 Å². The van der Waals surface area contributed by atoms with Gasteiger partial charge in [0.1, 0.15) is 5.75 Å². The fourth-order valence-electron chi connectivity index (χ4n) is 2.09. The fourth-order valence-corrected chi connectivity index (χ4v) is 3.66. The van der Waals surface area contributed by atoms with Crippen LogP contribution in [-0.4, -0.2) is 15.5 Å². The predicted octanol–water partition coefficient (Wildman–Crippen LogP) is 3.89. The molecule has 6 heteroatoms. The van der Waals surface area contributed by atoms with Gasteiger partial charge >= 0.3 is 0 Å². The summed E-state index contributed by atoms with van der Waals surface area (Å²) in [6, 6.07) is 13.7. The molecule has 22 heavy (non-hydrogen) atoms. The van der Waals surface area contributed by atoms with Gasteiger partial charge < -0.3 is 4.74 Å². The Balaban J connectivity index is 2.22. The molecule has 0 amide bonds. The Morgan fingerprint density at radius 1 is 1.09 bits per heavy atom. The summed E-state index contributed by atoms with van der Waals surface area (Å²) in [5, 5.41) is 0. The van der Waals surface area contributed by atoms with Crippen molar-refractivity contribution in [1.82, 2.24) is 4.72 Å². The van der Waals surface area contributed by atoms with Gasteiger partial charge in [0.15, 0.2) is 0 Å². The molecular formula is C16H18BrNO3S. The highest BCUT2D eigenvalue weighted by Crippen LogP contribution is 2.23. The molecule has 0 fully saturated rings.